The molecule has 0 aliphatic carbocycles. The first kappa shape index (κ1) is 20.0. The van der Waals surface area contributed by atoms with Crippen LogP contribution in [0.25, 0.3) is 0 Å². The second-order valence-corrected chi connectivity index (χ2v) is 7.15. The SMILES string of the molecule is COc1ccc(NC(=S)N[C@H](c2ccc(C)cc2C)C(C)C)c(OC)c1. The minimum absolute atomic E-state index is 0.125. The van der Waals surface area contributed by atoms with Crippen LogP contribution in [-0.4, -0.2) is 19.3 Å². The molecule has 1 atom stereocenters. The second kappa shape index (κ2) is 8.90. The first-order valence-electron chi connectivity index (χ1n) is 8.72. The van der Waals surface area contributed by atoms with Crippen molar-refractivity contribution in [2.75, 3.05) is 19.5 Å². The maximum Gasteiger partial charge on any atom is 0.171 e. The van der Waals surface area contributed by atoms with Gasteiger partial charge in [-0.1, -0.05) is 37.6 Å². The van der Waals surface area contributed by atoms with Crippen molar-refractivity contribution >= 4 is 23.0 Å². The number of benzene rings is 2. The molecule has 2 N–H and O–H groups in total. The lowest BCUT2D eigenvalue weighted by Gasteiger charge is -2.26. The molecule has 0 saturated heterocycles. The number of hydrogen-bond acceptors (Lipinski definition) is 3. The van der Waals surface area contributed by atoms with Gasteiger partial charge in [-0.25, -0.2) is 0 Å². The predicted molar refractivity (Wildman–Crippen MR) is 112 cm³/mol. The van der Waals surface area contributed by atoms with E-state index in [-0.39, 0.29) is 6.04 Å². The van der Waals surface area contributed by atoms with Crippen LogP contribution >= 0.6 is 12.2 Å². The summed E-state index contributed by atoms with van der Waals surface area (Å²) in [6.45, 7) is 8.63. The van der Waals surface area contributed by atoms with Crippen LogP contribution in [0.1, 0.15) is 36.6 Å². The summed E-state index contributed by atoms with van der Waals surface area (Å²) in [5.41, 5.74) is 4.59. The zero-order valence-electron chi connectivity index (χ0n) is 16.3. The summed E-state index contributed by atoms with van der Waals surface area (Å²) in [7, 11) is 3.26. The van der Waals surface area contributed by atoms with E-state index in [1.54, 1.807) is 14.2 Å². The first-order valence-corrected chi connectivity index (χ1v) is 9.13. The van der Waals surface area contributed by atoms with Crippen LogP contribution in [0.5, 0.6) is 11.5 Å². The summed E-state index contributed by atoms with van der Waals surface area (Å²) in [6.07, 6.45) is 0. The Morgan fingerprint density at radius 3 is 2.31 bits per heavy atom. The molecule has 0 bridgehead atoms. The number of thiocarbonyl (C=S) groups is 1. The standard InChI is InChI=1S/C21H28N2O2S/c1-13(2)20(17-9-7-14(3)11-15(17)4)23-21(26)22-18-10-8-16(24-5)12-19(18)25-6/h7-13,20H,1-6H3,(H2,22,23,26)/t20-/m0/s1. The molecule has 2 aromatic carbocycles. The molecule has 0 radical (unpaired) electrons. The van der Waals surface area contributed by atoms with Crippen LogP contribution in [0.2, 0.25) is 0 Å². The molecule has 0 unspecified atom stereocenters. The van der Waals surface area contributed by atoms with Gasteiger partial charge in [-0.2, -0.15) is 0 Å². The van der Waals surface area contributed by atoms with Crippen LogP contribution < -0.4 is 20.1 Å². The molecule has 2 rings (SSSR count). The third kappa shape index (κ3) is 4.88. The summed E-state index contributed by atoms with van der Waals surface area (Å²) >= 11 is 5.56. The zero-order valence-corrected chi connectivity index (χ0v) is 17.2. The van der Waals surface area contributed by atoms with Crippen molar-refractivity contribution in [3.63, 3.8) is 0 Å². The van der Waals surface area contributed by atoms with Gasteiger partial charge in [0, 0.05) is 6.07 Å². The summed E-state index contributed by atoms with van der Waals surface area (Å²) in [6, 6.07) is 12.2. The second-order valence-electron chi connectivity index (χ2n) is 6.75. The number of anilines is 1. The molecule has 0 saturated carbocycles. The molecule has 0 heterocycles. The van der Waals surface area contributed by atoms with E-state index in [0.29, 0.717) is 16.8 Å². The maximum atomic E-state index is 5.56. The molecule has 0 spiro atoms. The lowest BCUT2D eigenvalue weighted by molar-refractivity contribution is 0.395. The maximum absolute atomic E-state index is 5.56. The van der Waals surface area contributed by atoms with Gasteiger partial charge in [0.2, 0.25) is 0 Å². The highest BCUT2D eigenvalue weighted by atomic mass is 32.1. The molecule has 140 valence electrons. The van der Waals surface area contributed by atoms with Crippen molar-refractivity contribution < 1.29 is 9.47 Å². The number of methoxy groups -OCH3 is 2. The van der Waals surface area contributed by atoms with Gasteiger partial charge in [0.25, 0.3) is 0 Å². The van der Waals surface area contributed by atoms with Gasteiger partial charge in [-0.05, 0) is 55.2 Å². The normalized spacial score (nSPS) is 11.8. The molecular formula is C21H28N2O2S. The number of hydrogen-bond donors (Lipinski definition) is 2. The number of ether oxygens (including phenoxy) is 2. The third-order valence-electron chi connectivity index (χ3n) is 4.37. The Hall–Kier alpha value is -2.27. The van der Waals surface area contributed by atoms with Crippen molar-refractivity contribution in [2.24, 2.45) is 5.92 Å². The van der Waals surface area contributed by atoms with Crippen molar-refractivity contribution in [3.8, 4) is 11.5 Å². The van der Waals surface area contributed by atoms with Crippen molar-refractivity contribution in [1.82, 2.24) is 5.32 Å². The van der Waals surface area contributed by atoms with Gasteiger partial charge in [-0.3, -0.25) is 0 Å². The molecule has 4 nitrogen and oxygen atoms in total. The Balaban J connectivity index is 2.18. The number of aryl methyl sites for hydroxylation is 2. The van der Waals surface area contributed by atoms with Crippen LogP contribution in [0.15, 0.2) is 36.4 Å². The monoisotopic (exact) mass is 372 g/mol. The van der Waals surface area contributed by atoms with E-state index in [4.69, 9.17) is 21.7 Å². The molecule has 0 aliphatic rings. The molecule has 0 amide bonds. The van der Waals surface area contributed by atoms with Crippen LogP contribution in [-0.2, 0) is 0 Å². The molecule has 0 fully saturated rings. The largest absolute Gasteiger partial charge is 0.497 e. The quantitative estimate of drug-likeness (QED) is 0.698. The van der Waals surface area contributed by atoms with Gasteiger partial charge >= 0.3 is 0 Å². The average molecular weight is 373 g/mol. The van der Waals surface area contributed by atoms with Crippen LogP contribution in [0, 0.1) is 19.8 Å². The molecule has 0 aliphatic heterocycles. The van der Waals surface area contributed by atoms with Gasteiger partial charge in [-0.15, -0.1) is 0 Å². The minimum atomic E-state index is 0.125. The molecule has 2 aromatic rings. The highest BCUT2D eigenvalue weighted by Gasteiger charge is 2.19. The lowest BCUT2D eigenvalue weighted by Crippen LogP contribution is -2.35. The van der Waals surface area contributed by atoms with Crippen LogP contribution in [0.4, 0.5) is 5.69 Å². The number of nitrogens with one attached hydrogen (secondary N) is 2. The van der Waals surface area contributed by atoms with Crippen LogP contribution in [0.3, 0.4) is 0 Å². The first-order chi connectivity index (χ1) is 12.3. The van der Waals surface area contributed by atoms with Gasteiger partial charge in [0.1, 0.15) is 11.5 Å². The fraction of sp³-hybridized carbons (Fsp3) is 0.381. The Morgan fingerprint density at radius 1 is 1.00 bits per heavy atom. The van der Waals surface area contributed by atoms with Gasteiger partial charge < -0.3 is 20.1 Å². The molecule has 26 heavy (non-hydrogen) atoms. The van der Waals surface area contributed by atoms with E-state index in [9.17, 15) is 0 Å². The summed E-state index contributed by atoms with van der Waals surface area (Å²) < 4.78 is 10.7. The summed E-state index contributed by atoms with van der Waals surface area (Å²) in [5.74, 6) is 1.80. The highest BCUT2D eigenvalue weighted by molar-refractivity contribution is 7.80. The zero-order chi connectivity index (χ0) is 19.3. The lowest BCUT2D eigenvalue weighted by atomic mass is 9.92. The Labute approximate surface area is 161 Å². The predicted octanol–water partition coefficient (Wildman–Crippen LogP) is 5.00. The van der Waals surface area contributed by atoms with E-state index in [2.05, 4.69) is 56.5 Å². The topological polar surface area (TPSA) is 42.5 Å². The number of rotatable bonds is 6. The van der Waals surface area contributed by atoms with Crippen molar-refractivity contribution in [1.29, 1.82) is 0 Å². The highest BCUT2D eigenvalue weighted by Crippen LogP contribution is 2.30. The Kier molecular flexibility index (Phi) is 6.86. The summed E-state index contributed by atoms with van der Waals surface area (Å²) in [4.78, 5) is 0. The van der Waals surface area contributed by atoms with Gasteiger partial charge in [0.05, 0.1) is 25.9 Å². The fourth-order valence-electron chi connectivity index (χ4n) is 2.98. The Morgan fingerprint density at radius 2 is 1.73 bits per heavy atom. The fourth-order valence-corrected chi connectivity index (χ4v) is 3.22. The third-order valence-corrected chi connectivity index (χ3v) is 4.59. The van der Waals surface area contributed by atoms with E-state index in [0.717, 1.165) is 11.4 Å². The summed E-state index contributed by atoms with van der Waals surface area (Å²) in [5, 5.41) is 7.26. The van der Waals surface area contributed by atoms with Crippen molar-refractivity contribution in [2.45, 2.75) is 33.7 Å². The molecule has 0 aromatic heterocycles. The minimum Gasteiger partial charge on any atom is -0.497 e. The molecular weight excluding hydrogens is 344 g/mol. The smallest absolute Gasteiger partial charge is 0.171 e. The molecule has 5 heteroatoms. The van der Waals surface area contributed by atoms with Crippen molar-refractivity contribution in [3.05, 3.63) is 53.1 Å². The average Bonchev–Trinajstić information content (AvgIpc) is 2.60. The Bertz CT molecular complexity index is 775. The van der Waals surface area contributed by atoms with E-state index in [1.807, 2.05) is 18.2 Å². The van der Waals surface area contributed by atoms with E-state index in [1.165, 1.54) is 16.7 Å². The van der Waals surface area contributed by atoms with Gasteiger partial charge in [0.15, 0.2) is 5.11 Å². The van der Waals surface area contributed by atoms with E-state index < -0.39 is 0 Å². The van der Waals surface area contributed by atoms with E-state index >= 15 is 0 Å².